The van der Waals surface area contributed by atoms with E-state index < -0.39 is 0 Å². The minimum absolute atomic E-state index is 0. The van der Waals surface area contributed by atoms with Crippen molar-refractivity contribution in [2.45, 2.75) is 25.4 Å². The third kappa shape index (κ3) is 4.01. The van der Waals surface area contributed by atoms with Crippen LogP contribution in [0.15, 0.2) is 18.2 Å². The van der Waals surface area contributed by atoms with E-state index in [4.69, 9.17) is 28.9 Å². The molecule has 0 spiro atoms. The second-order valence-electron chi connectivity index (χ2n) is 4.79. The van der Waals surface area contributed by atoms with Crippen LogP contribution in [0.2, 0.25) is 10.0 Å². The molecule has 0 aliphatic heterocycles. The van der Waals surface area contributed by atoms with Crippen molar-refractivity contribution >= 4 is 35.6 Å². The maximum atomic E-state index is 6.17. The fraction of sp³-hybridized carbons (Fsp3) is 0.538. The van der Waals surface area contributed by atoms with Gasteiger partial charge in [-0.3, -0.25) is 4.90 Å². The predicted octanol–water partition coefficient (Wildman–Crippen LogP) is 3.58. The van der Waals surface area contributed by atoms with Gasteiger partial charge in [-0.25, -0.2) is 0 Å². The van der Waals surface area contributed by atoms with Crippen molar-refractivity contribution in [1.82, 2.24) is 4.90 Å². The Balaban J connectivity index is 0.00000162. The van der Waals surface area contributed by atoms with Gasteiger partial charge in [-0.1, -0.05) is 29.3 Å². The molecule has 0 bridgehead atoms. The van der Waals surface area contributed by atoms with Crippen molar-refractivity contribution in [3.05, 3.63) is 33.8 Å². The number of nitrogens with two attached hydrogens (primary N) is 1. The van der Waals surface area contributed by atoms with Crippen LogP contribution in [0, 0.1) is 5.92 Å². The summed E-state index contributed by atoms with van der Waals surface area (Å²) in [5.41, 5.74) is 6.94. The van der Waals surface area contributed by atoms with Crippen LogP contribution in [0.5, 0.6) is 0 Å². The summed E-state index contributed by atoms with van der Waals surface area (Å²) in [5, 5.41) is 1.41. The zero-order valence-electron chi connectivity index (χ0n) is 10.4. The molecule has 1 saturated carbocycles. The molecule has 0 radical (unpaired) electrons. The maximum absolute atomic E-state index is 6.17. The first-order valence-electron chi connectivity index (χ1n) is 5.96. The van der Waals surface area contributed by atoms with E-state index in [2.05, 4.69) is 11.9 Å². The number of halogens is 3. The molecular formula is C13H19Cl3N2. The Kier molecular flexibility index (Phi) is 6.22. The van der Waals surface area contributed by atoms with Gasteiger partial charge in [0.2, 0.25) is 0 Å². The lowest BCUT2D eigenvalue weighted by Gasteiger charge is -2.27. The second kappa shape index (κ2) is 6.97. The predicted molar refractivity (Wildman–Crippen MR) is 80.7 cm³/mol. The van der Waals surface area contributed by atoms with Crippen LogP contribution >= 0.6 is 35.6 Å². The molecule has 1 aliphatic carbocycles. The molecule has 1 unspecified atom stereocenters. The zero-order valence-corrected chi connectivity index (χ0v) is 12.7. The molecule has 0 aromatic heterocycles. The smallest absolute Gasteiger partial charge is 0.0465 e. The number of benzene rings is 1. The lowest BCUT2D eigenvalue weighted by atomic mass is 10.1. The summed E-state index contributed by atoms with van der Waals surface area (Å²) in [6.45, 7) is 1.54. The Morgan fingerprint density at radius 1 is 1.39 bits per heavy atom. The molecule has 1 atom stereocenters. The standard InChI is InChI=1S/C13H18Cl2N2.ClH/c1-17(13(7-16)9-2-3-9)8-10-4-5-11(14)6-12(10)15;/h4-6,9,13H,2-3,7-8,16H2,1H3;1H. The normalized spacial score (nSPS) is 16.5. The lowest BCUT2D eigenvalue weighted by molar-refractivity contribution is 0.215. The van der Waals surface area contributed by atoms with E-state index in [9.17, 15) is 0 Å². The molecule has 0 saturated heterocycles. The van der Waals surface area contributed by atoms with Crippen molar-refractivity contribution in [3.63, 3.8) is 0 Å². The molecule has 0 amide bonds. The highest BCUT2D eigenvalue weighted by molar-refractivity contribution is 6.35. The van der Waals surface area contributed by atoms with Crippen LogP contribution in [-0.2, 0) is 6.54 Å². The van der Waals surface area contributed by atoms with Crippen LogP contribution in [0.1, 0.15) is 18.4 Å². The average molecular weight is 310 g/mol. The van der Waals surface area contributed by atoms with Gasteiger partial charge in [0.15, 0.2) is 0 Å². The highest BCUT2D eigenvalue weighted by Gasteiger charge is 2.32. The van der Waals surface area contributed by atoms with Gasteiger partial charge in [0.05, 0.1) is 0 Å². The molecule has 2 rings (SSSR count). The molecule has 0 heterocycles. The molecule has 2 nitrogen and oxygen atoms in total. The fourth-order valence-corrected chi connectivity index (χ4v) is 2.72. The van der Waals surface area contributed by atoms with Crippen LogP contribution in [-0.4, -0.2) is 24.5 Å². The minimum Gasteiger partial charge on any atom is -0.329 e. The van der Waals surface area contributed by atoms with Crippen molar-refractivity contribution in [1.29, 1.82) is 0 Å². The summed E-state index contributed by atoms with van der Waals surface area (Å²) in [4.78, 5) is 2.30. The van der Waals surface area contributed by atoms with E-state index in [0.29, 0.717) is 17.6 Å². The molecule has 5 heteroatoms. The first-order valence-corrected chi connectivity index (χ1v) is 6.71. The monoisotopic (exact) mass is 308 g/mol. The van der Waals surface area contributed by atoms with Crippen molar-refractivity contribution in [2.24, 2.45) is 11.7 Å². The van der Waals surface area contributed by atoms with E-state index in [1.165, 1.54) is 12.8 Å². The minimum atomic E-state index is 0. The van der Waals surface area contributed by atoms with Crippen LogP contribution in [0.3, 0.4) is 0 Å². The first-order chi connectivity index (χ1) is 8.11. The van der Waals surface area contributed by atoms with Crippen molar-refractivity contribution in [2.75, 3.05) is 13.6 Å². The molecule has 102 valence electrons. The van der Waals surface area contributed by atoms with Gasteiger partial charge < -0.3 is 5.73 Å². The summed E-state index contributed by atoms with van der Waals surface area (Å²) in [6, 6.07) is 6.13. The van der Waals surface area contributed by atoms with Gasteiger partial charge in [0.25, 0.3) is 0 Å². The van der Waals surface area contributed by atoms with E-state index in [1.54, 1.807) is 6.07 Å². The highest BCUT2D eigenvalue weighted by atomic mass is 35.5. The van der Waals surface area contributed by atoms with Gasteiger partial charge in [0.1, 0.15) is 0 Å². The second-order valence-corrected chi connectivity index (χ2v) is 5.63. The van der Waals surface area contributed by atoms with Crippen LogP contribution in [0.25, 0.3) is 0 Å². The molecule has 2 N–H and O–H groups in total. The Hall–Kier alpha value is 0.01000. The Labute approximate surface area is 125 Å². The highest BCUT2D eigenvalue weighted by Crippen LogP contribution is 2.35. The fourth-order valence-electron chi connectivity index (χ4n) is 2.25. The summed E-state index contributed by atoms with van der Waals surface area (Å²) in [5.74, 6) is 0.774. The number of rotatable bonds is 5. The zero-order chi connectivity index (χ0) is 12.4. The van der Waals surface area contributed by atoms with Gasteiger partial charge in [-0.15, -0.1) is 12.4 Å². The summed E-state index contributed by atoms with van der Waals surface area (Å²) >= 11 is 12.1. The largest absolute Gasteiger partial charge is 0.329 e. The van der Waals surface area contributed by atoms with E-state index in [-0.39, 0.29) is 12.4 Å². The molecule has 1 aromatic carbocycles. The number of nitrogens with zero attached hydrogens (tertiary/aromatic N) is 1. The third-order valence-corrected chi connectivity index (χ3v) is 4.00. The SMILES string of the molecule is CN(Cc1ccc(Cl)cc1Cl)C(CN)C1CC1.Cl. The molecule has 1 aromatic rings. The third-order valence-electron chi connectivity index (χ3n) is 3.41. The first kappa shape index (κ1) is 16.1. The molecular weight excluding hydrogens is 291 g/mol. The van der Waals surface area contributed by atoms with Gasteiger partial charge in [0, 0.05) is 29.2 Å². The van der Waals surface area contributed by atoms with E-state index in [1.807, 2.05) is 12.1 Å². The lowest BCUT2D eigenvalue weighted by Crippen LogP contribution is -2.39. The van der Waals surface area contributed by atoms with Crippen molar-refractivity contribution < 1.29 is 0 Å². The van der Waals surface area contributed by atoms with Gasteiger partial charge >= 0.3 is 0 Å². The number of hydrogen-bond donors (Lipinski definition) is 1. The van der Waals surface area contributed by atoms with Gasteiger partial charge in [-0.05, 0) is 43.5 Å². The Morgan fingerprint density at radius 2 is 2.06 bits per heavy atom. The molecule has 1 fully saturated rings. The number of hydrogen-bond acceptors (Lipinski definition) is 2. The van der Waals surface area contributed by atoms with Crippen molar-refractivity contribution in [3.8, 4) is 0 Å². The molecule has 18 heavy (non-hydrogen) atoms. The van der Waals surface area contributed by atoms with E-state index >= 15 is 0 Å². The molecule has 1 aliphatic rings. The quantitative estimate of drug-likeness (QED) is 0.900. The summed E-state index contributed by atoms with van der Waals surface area (Å²) in [6.07, 6.45) is 2.61. The maximum Gasteiger partial charge on any atom is 0.0465 e. The average Bonchev–Trinajstić information content (AvgIpc) is 3.08. The van der Waals surface area contributed by atoms with Crippen LogP contribution in [0.4, 0.5) is 0 Å². The summed E-state index contributed by atoms with van der Waals surface area (Å²) in [7, 11) is 2.11. The number of likely N-dealkylation sites (N-methyl/N-ethyl adjacent to an activating group) is 1. The van der Waals surface area contributed by atoms with E-state index in [0.717, 1.165) is 23.0 Å². The summed E-state index contributed by atoms with van der Waals surface area (Å²) < 4.78 is 0. The Morgan fingerprint density at radius 3 is 2.56 bits per heavy atom. The van der Waals surface area contributed by atoms with Crippen LogP contribution < -0.4 is 5.73 Å². The Bertz CT molecular complexity index is 394. The topological polar surface area (TPSA) is 29.3 Å². The van der Waals surface area contributed by atoms with Gasteiger partial charge in [-0.2, -0.15) is 0 Å².